The Morgan fingerprint density at radius 1 is 0.817 bits per heavy atom. The highest BCUT2D eigenvalue weighted by Crippen LogP contribution is 2.54. The average molecular weight is 815 g/mol. The molecule has 2 unspecified atom stereocenters. The van der Waals surface area contributed by atoms with Gasteiger partial charge in [-0.2, -0.15) is 0 Å². The van der Waals surface area contributed by atoms with Gasteiger partial charge in [-0.05, 0) is 154 Å². The topological polar surface area (TPSA) is 6.48 Å². The smallest absolute Gasteiger partial charge is 0.259 e. The third-order valence-electron chi connectivity index (χ3n) is 15.7. The molecular formula is C56H71BN2S. The molecule has 0 bridgehead atoms. The zero-order valence-corrected chi connectivity index (χ0v) is 40.3. The van der Waals surface area contributed by atoms with Gasteiger partial charge in [-0.1, -0.05) is 132 Å². The van der Waals surface area contributed by atoms with Gasteiger partial charge in [0.1, 0.15) is 0 Å². The van der Waals surface area contributed by atoms with Gasteiger partial charge in [-0.3, -0.25) is 0 Å². The molecule has 3 heterocycles. The first-order valence-corrected chi connectivity index (χ1v) is 24.1. The molecule has 2 nitrogen and oxygen atoms in total. The number of allylic oxidation sites excluding steroid dienone is 2. The van der Waals surface area contributed by atoms with Crippen LogP contribution in [0.15, 0.2) is 96.2 Å². The Morgan fingerprint density at radius 3 is 1.95 bits per heavy atom. The minimum absolute atomic E-state index is 0.0852. The molecule has 1 aromatic heterocycles. The molecule has 0 saturated heterocycles. The van der Waals surface area contributed by atoms with Gasteiger partial charge in [0, 0.05) is 31.9 Å². The minimum atomic E-state index is 0.0852. The van der Waals surface area contributed by atoms with Crippen LogP contribution in [0.3, 0.4) is 0 Å². The number of anilines is 3. The number of nitrogens with zero attached hydrogens (tertiary/aromatic N) is 2. The average Bonchev–Trinajstić information content (AvgIpc) is 3.54. The molecule has 4 heteroatoms. The molecule has 0 radical (unpaired) electrons. The number of hydrogen-bond acceptors (Lipinski definition) is 3. The summed E-state index contributed by atoms with van der Waals surface area (Å²) in [6.45, 7) is 38.6. The summed E-state index contributed by atoms with van der Waals surface area (Å²) in [7, 11) is 0. The monoisotopic (exact) mass is 815 g/mol. The Bertz CT molecular complexity index is 2510. The molecule has 9 rings (SSSR count). The van der Waals surface area contributed by atoms with Crippen LogP contribution in [0.2, 0.25) is 0 Å². The molecule has 0 N–H and O–H groups in total. The van der Waals surface area contributed by atoms with Gasteiger partial charge in [0.15, 0.2) is 0 Å². The summed E-state index contributed by atoms with van der Waals surface area (Å²) in [6.07, 6.45) is 16.4. The molecule has 2 atom stereocenters. The SMILES string of the molecule is C=CC(C/C=C/C(C)C)N1C2=C3B(c4cc5c(cc41)C(C)(C)CCC5(C)C)c1sc4cc5c(cc4c1N(c1ccc(C(C)(C)C)cc1)C3CC(C)=C2)C(C)(C)CCC5(C)C. The zero-order chi connectivity index (χ0) is 43.1. The van der Waals surface area contributed by atoms with Crippen molar-refractivity contribution >= 4 is 55.4 Å². The van der Waals surface area contributed by atoms with Gasteiger partial charge in [0.05, 0.1) is 17.8 Å². The fourth-order valence-corrected chi connectivity index (χ4v) is 13.1. The second kappa shape index (κ2) is 13.9. The molecule has 3 aliphatic carbocycles. The van der Waals surface area contributed by atoms with Crippen molar-refractivity contribution in [3.8, 4) is 0 Å². The lowest BCUT2D eigenvalue weighted by Crippen LogP contribution is -2.62. The summed E-state index contributed by atoms with van der Waals surface area (Å²) in [4.78, 5) is 5.56. The first-order valence-electron chi connectivity index (χ1n) is 23.2. The largest absolute Gasteiger partial charge is 0.335 e. The molecule has 0 fully saturated rings. The van der Waals surface area contributed by atoms with Crippen LogP contribution >= 0.6 is 11.3 Å². The third-order valence-corrected chi connectivity index (χ3v) is 16.9. The van der Waals surface area contributed by atoms with E-state index in [-0.39, 0.29) is 45.9 Å². The van der Waals surface area contributed by atoms with Crippen molar-refractivity contribution < 1.29 is 0 Å². The van der Waals surface area contributed by atoms with E-state index in [1.165, 1.54) is 85.5 Å². The summed E-state index contributed by atoms with van der Waals surface area (Å²) in [5, 5.41) is 1.44. The Labute approximate surface area is 368 Å². The standard InChI is InChI=1S/C56H71BN2S/c1-16-37(19-17-18-34(2)3)58-45-32-42-41(54(10,11)25-26-55(42,12)13)31-44(45)57-49-46(58)28-35(4)29-47(49)59(38-22-20-36(21-23-38)52(5,6)7)50-39-30-40-43(33-48(39)60-51(50)57)56(14,15)27-24-53(40,8)9/h16-18,20-23,28,30-34,37,47H,1,19,24-27,29H2,2-15H3/b18-17+. The second-order valence-corrected chi connectivity index (χ2v) is 24.5. The summed E-state index contributed by atoms with van der Waals surface area (Å²) in [5.74, 6) is 0.511. The van der Waals surface area contributed by atoms with Crippen LogP contribution in [0.5, 0.6) is 0 Å². The van der Waals surface area contributed by atoms with Crippen LogP contribution in [-0.2, 0) is 27.1 Å². The first kappa shape index (κ1) is 41.6. The van der Waals surface area contributed by atoms with E-state index in [2.05, 4.69) is 197 Å². The number of hydrogen-bond donors (Lipinski definition) is 0. The number of thiophene rings is 1. The Balaban J connectivity index is 1.40. The number of fused-ring (bicyclic) bond motifs is 8. The summed E-state index contributed by atoms with van der Waals surface area (Å²) >= 11 is 2.09. The summed E-state index contributed by atoms with van der Waals surface area (Å²) < 4.78 is 2.96. The predicted octanol–water partition coefficient (Wildman–Crippen LogP) is 14.1. The fourth-order valence-electron chi connectivity index (χ4n) is 11.7. The molecule has 5 aliphatic rings. The lowest BCUT2D eigenvalue weighted by molar-refractivity contribution is 0.332. The maximum Gasteiger partial charge on any atom is 0.259 e. The van der Waals surface area contributed by atoms with Crippen molar-refractivity contribution in [2.24, 2.45) is 5.92 Å². The van der Waals surface area contributed by atoms with Crippen LogP contribution in [0, 0.1) is 5.92 Å². The van der Waals surface area contributed by atoms with E-state index < -0.39 is 0 Å². The van der Waals surface area contributed by atoms with Crippen LogP contribution in [0.4, 0.5) is 17.1 Å². The van der Waals surface area contributed by atoms with E-state index in [1.807, 2.05) is 0 Å². The van der Waals surface area contributed by atoms with Crippen molar-refractivity contribution in [3.63, 3.8) is 0 Å². The maximum atomic E-state index is 4.56. The molecule has 2 aliphatic heterocycles. The van der Waals surface area contributed by atoms with E-state index in [9.17, 15) is 0 Å². The van der Waals surface area contributed by atoms with E-state index in [1.54, 1.807) is 22.2 Å². The minimum Gasteiger partial charge on any atom is -0.335 e. The van der Waals surface area contributed by atoms with Gasteiger partial charge >= 0.3 is 0 Å². The van der Waals surface area contributed by atoms with Crippen molar-refractivity contribution in [2.75, 3.05) is 9.80 Å². The van der Waals surface area contributed by atoms with E-state index in [0.717, 1.165) is 12.8 Å². The van der Waals surface area contributed by atoms with Gasteiger partial charge in [0.2, 0.25) is 0 Å². The highest BCUT2D eigenvalue weighted by atomic mass is 32.1. The van der Waals surface area contributed by atoms with Crippen LogP contribution in [0.25, 0.3) is 10.1 Å². The lowest BCUT2D eigenvalue weighted by atomic mass is 9.33. The Kier molecular flexibility index (Phi) is 9.62. The summed E-state index contributed by atoms with van der Waals surface area (Å²) in [5.41, 5.74) is 18.2. The van der Waals surface area contributed by atoms with Gasteiger partial charge in [-0.15, -0.1) is 17.9 Å². The van der Waals surface area contributed by atoms with Crippen LogP contribution < -0.4 is 20.0 Å². The zero-order valence-electron chi connectivity index (χ0n) is 39.5. The van der Waals surface area contributed by atoms with Crippen molar-refractivity contribution in [1.29, 1.82) is 0 Å². The highest BCUT2D eigenvalue weighted by molar-refractivity contribution is 7.32. The van der Waals surface area contributed by atoms with Gasteiger partial charge in [0.25, 0.3) is 6.71 Å². The van der Waals surface area contributed by atoms with Crippen molar-refractivity contribution in [1.82, 2.24) is 0 Å². The lowest BCUT2D eigenvalue weighted by Gasteiger charge is -2.52. The van der Waals surface area contributed by atoms with Crippen molar-refractivity contribution in [2.45, 2.75) is 175 Å². The number of rotatable bonds is 6. The van der Waals surface area contributed by atoms with Crippen molar-refractivity contribution in [3.05, 3.63) is 124 Å². The summed E-state index contributed by atoms with van der Waals surface area (Å²) in [6, 6.07) is 20.7. The Morgan fingerprint density at radius 2 is 1.38 bits per heavy atom. The second-order valence-electron chi connectivity index (χ2n) is 23.4. The Hall–Kier alpha value is -3.76. The molecular weight excluding hydrogens is 744 g/mol. The van der Waals surface area contributed by atoms with E-state index in [0.29, 0.717) is 5.92 Å². The van der Waals surface area contributed by atoms with E-state index >= 15 is 0 Å². The normalized spacial score (nSPS) is 22.6. The molecule has 60 heavy (non-hydrogen) atoms. The third kappa shape index (κ3) is 6.46. The quantitative estimate of drug-likeness (QED) is 0.141. The molecule has 4 aromatic rings. The van der Waals surface area contributed by atoms with E-state index in [4.69, 9.17) is 0 Å². The molecule has 0 amide bonds. The highest BCUT2D eigenvalue weighted by Gasteiger charge is 2.52. The molecule has 0 spiro atoms. The fraction of sp³-hybridized carbons (Fsp3) is 0.500. The maximum absolute atomic E-state index is 4.56. The molecule has 3 aromatic carbocycles. The molecule has 314 valence electrons. The molecule has 0 saturated carbocycles. The van der Waals surface area contributed by atoms with Gasteiger partial charge in [-0.25, -0.2) is 0 Å². The predicted molar refractivity (Wildman–Crippen MR) is 265 cm³/mol. The van der Waals surface area contributed by atoms with Crippen LogP contribution in [0.1, 0.15) is 163 Å². The van der Waals surface area contributed by atoms with Crippen LogP contribution in [-0.4, -0.2) is 18.8 Å². The van der Waals surface area contributed by atoms with Gasteiger partial charge < -0.3 is 9.80 Å². The number of benzene rings is 3. The first-order chi connectivity index (χ1) is 28.0.